The highest BCUT2D eigenvalue weighted by atomic mass is 16.5. The maximum absolute atomic E-state index is 5.09. The van der Waals surface area contributed by atoms with Gasteiger partial charge in [0.2, 0.25) is 0 Å². The predicted molar refractivity (Wildman–Crippen MR) is 49.4 cm³/mol. The van der Waals surface area contributed by atoms with E-state index < -0.39 is 0 Å². The SMILES string of the molecule is CCn1nncc1C(COC)NC. The summed E-state index contributed by atoms with van der Waals surface area (Å²) in [5, 5.41) is 11.0. The maximum Gasteiger partial charge on any atom is 0.0779 e. The van der Waals surface area contributed by atoms with Crippen molar-refractivity contribution in [3.05, 3.63) is 11.9 Å². The van der Waals surface area contributed by atoms with E-state index in [0.717, 1.165) is 12.2 Å². The van der Waals surface area contributed by atoms with Crippen molar-refractivity contribution in [3.63, 3.8) is 0 Å². The second-order valence-electron chi connectivity index (χ2n) is 2.77. The topological polar surface area (TPSA) is 52.0 Å². The van der Waals surface area contributed by atoms with Crippen LogP contribution in [0, 0.1) is 0 Å². The molecular weight excluding hydrogens is 168 g/mol. The van der Waals surface area contributed by atoms with Gasteiger partial charge in [-0.2, -0.15) is 0 Å². The van der Waals surface area contributed by atoms with Gasteiger partial charge in [-0.1, -0.05) is 5.21 Å². The van der Waals surface area contributed by atoms with Crippen LogP contribution >= 0.6 is 0 Å². The lowest BCUT2D eigenvalue weighted by molar-refractivity contribution is 0.167. The lowest BCUT2D eigenvalue weighted by Crippen LogP contribution is -2.24. The molecule has 0 aromatic carbocycles. The molecule has 5 heteroatoms. The number of likely N-dealkylation sites (N-methyl/N-ethyl adjacent to an activating group) is 1. The van der Waals surface area contributed by atoms with Crippen molar-refractivity contribution in [1.82, 2.24) is 20.3 Å². The second-order valence-corrected chi connectivity index (χ2v) is 2.77. The molecule has 1 heterocycles. The Morgan fingerprint density at radius 3 is 3.00 bits per heavy atom. The first kappa shape index (κ1) is 10.1. The molecule has 0 fully saturated rings. The summed E-state index contributed by atoms with van der Waals surface area (Å²) < 4.78 is 6.95. The summed E-state index contributed by atoms with van der Waals surface area (Å²) in [5.41, 5.74) is 1.06. The van der Waals surface area contributed by atoms with Crippen molar-refractivity contribution in [1.29, 1.82) is 0 Å². The molecule has 1 N–H and O–H groups in total. The van der Waals surface area contributed by atoms with Crippen LogP contribution in [0.25, 0.3) is 0 Å². The van der Waals surface area contributed by atoms with Crippen molar-refractivity contribution < 1.29 is 4.74 Å². The first-order chi connectivity index (χ1) is 6.33. The average Bonchev–Trinajstić information content (AvgIpc) is 2.61. The van der Waals surface area contributed by atoms with Gasteiger partial charge in [-0.15, -0.1) is 5.10 Å². The predicted octanol–water partition coefficient (Wildman–Crippen LogP) is 0.205. The van der Waals surface area contributed by atoms with Gasteiger partial charge in [-0.25, -0.2) is 4.68 Å². The quantitative estimate of drug-likeness (QED) is 0.710. The second kappa shape index (κ2) is 4.94. The molecule has 0 radical (unpaired) electrons. The maximum atomic E-state index is 5.09. The zero-order valence-electron chi connectivity index (χ0n) is 8.32. The number of rotatable bonds is 5. The number of nitrogens with zero attached hydrogens (tertiary/aromatic N) is 3. The van der Waals surface area contributed by atoms with E-state index >= 15 is 0 Å². The number of hydrogen-bond acceptors (Lipinski definition) is 4. The molecule has 1 rings (SSSR count). The minimum Gasteiger partial charge on any atom is -0.383 e. The minimum atomic E-state index is 0.167. The van der Waals surface area contributed by atoms with Gasteiger partial charge >= 0.3 is 0 Å². The largest absolute Gasteiger partial charge is 0.383 e. The van der Waals surface area contributed by atoms with Crippen LogP contribution in [0.2, 0.25) is 0 Å². The van der Waals surface area contributed by atoms with E-state index in [9.17, 15) is 0 Å². The van der Waals surface area contributed by atoms with Crippen molar-refractivity contribution >= 4 is 0 Å². The normalized spacial score (nSPS) is 13.2. The molecular formula is C8H16N4O. The molecule has 1 atom stereocenters. The lowest BCUT2D eigenvalue weighted by Gasteiger charge is -2.15. The van der Waals surface area contributed by atoms with Gasteiger partial charge in [0, 0.05) is 13.7 Å². The molecule has 0 amide bonds. The van der Waals surface area contributed by atoms with E-state index in [-0.39, 0.29) is 6.04 Å². The average molecular weight is 184 g/mol. The Balaban J connectivity index is 2.77. The highest BCUT2D eigenvalue weighted by molar-refractivity contribution is 5.01. The van der Waals surface area contributed by atoms with E-state index in [1.54, 1.807) is 13.3 Å². The Kier molecular flexibility index (Phi) is 3.85. The first-order valence-corrected chi connectivity index (χ1v) is 4.38. The fraction of sp³-hybridized carbons (Fsp3) is 0.750. The van der Waals surface area contributed by atoms with Crippen LogP contribution in [-0.2, 0) is 11.3 Å². The number of methoxy groups -OCH3 is 1. The third kappa shape index (κ3) is 2.26. The van der Waals surface area contributed by atoms with Gasteiger partial charge in [-0.3, -0.25) is 0 Å². The van der Waals surface area contributed by atoms with Gasteiger partial charge in [-0.05, 0) is 14.0 Å². The molecule has 13 heavy (non-hydrogen) atoms. The van der Waals surface area contributed by atoms with E-state index in [0.29, 0.717) is 6.61 Å². The third-order valence-corrected chi connectivity index (χ3v) is 1.99. The molecule has 1 aromatic heterocycles. The molecule has 74 valence electrons. The first-order valence-electron chi connectivity index (χ1n) is 4.38. The molecule has 0 spiro atoms. The molecule has 0 bridgehead atoms. The summed E-state index contributed by atoms with van der Waals surface area (Å²) in [7, 11) is 3.58. The van der Waals surface area contributed by atoms with Crippen LogP contribution in [0.4, 0.5) is 0 Å². The zero-order chi connectivity index (χ0) is 9.68. The Labute approximate surface area is 78.1 Å². The molecule has 0 saturated carbocycles. The molecule has 0 aliphatic carbocycles. The Bertz CT molecular complexity index is 248. The molecule has 0 saturated heterocycles. The zero-order valence-corrected chi connectivity index (χ0v) is 8.32. The van der Waals surface area contributed by atoms with Crippen LogP contribution in [-0.4, -0.2) is 35.8 Å². The lowest BCUT2D eigenvalue weighted by atomic mass is 10.2. The van der Waals surface area contributed by atoms with E-state index in [1.807, 2.05) is 18.7 Å². The summed E-state index contributed by atoms with van der Waals surface area (Å²) in [6.07, 6.45) is 1.77. The van der Waals surface area contributed by atoms with Crippen LogP contribution in [0.5, 0.6) is 0 Å². The fourth-order valence-corrected chi connectivity index (χ4v) is 1.26. The number of nitrogens with one attached hydrogen (secondary N) is 1. The van der Waals surface area contributed by atoms with E-state index in [1.165, 1.54) is 0 Å². The van der Waals surface area contributed by atoms with Crippen molar-refractivity contribution in [2.45, 2.75) is 19.5 Å². The van der Waals surface area contributed by atoms with Crippen molar-refractivity contribution in [2.24, 2.45) is 0 Å². The van der Waals surface area contributed by atoms with Gasteiger partial charge in [0.15, 0.2) is 0 Å². The smallest absolute Gasteiger partial charge is 0.0779 e. The summed E-state index contributed by atoms with van der Waals surface area (Å²) >= 11 is 0. The standard InChI is InChI=1S/C8H16N4O/c1-4-12-8(5-10-11-12)7(9-2)6-13-3/h5,7,9H,4,6H2,1-3H3. The molecule has 1 aromatic rings. The van der Waals surface area contributed by atoms with Crippen LogP contribution in [0.15, 0.2) is 6.20 Å². The van der Waals surface area contributed by atoms with Crippen LogP contribution in [0.1, 0.15) is 18.7 Å². The minimum absolute atomic E-state index is 0.167. The van der Waals surface area contributed by atoms with E-state index in [2.05, 4.69) is 15.6 Å². The number of ether oxygens (including phenoxy) is 1. The van der Waals surface area contributed by atoms with Gasteiger partial charge in [0.1, 0.15) is 0 Å². The summed E-state index contributed by atoms with van der Waals surface area (Å²) in [6.45, 7) is 3.50. The Morgan fingerprint density at radius 1 is 1.69 bits per heavy atom. The fourth-order valence-electron chi connectivity index (χ4n) is 1.26. The summed E-state index contributed by atoms with van der Waals surface area (Å²) in [4.78, 5) is 0. The molecule has 0 aliphatic heterocycles. The highest BCUT2D eigenvalue weighted by Gasteiger charge is 2.13. The Hall–Kier alpha value is -0.940. The van der Waals surface area contributed by atoms with Crippen molar-refractivity contribution in [2.75, 3.05) is 20.8 Å². The molecule has 1 unspecified atom stereocenters. The van der Waals surface area contributed by atoms with Gasteiger partial charge in [0.05, 0.1) is 24.5 Å². The van der Waals surface area contributed by atoms with Gasteiger partial charge < -0.3 is 10.1 Å². The molecule has 5 nitrogen and oxygen atoms in total. The van der Waals surface area contributed by atoms with Crippen LogP contribution < -0.4 is 5.32 Å². The number of aryl methyl sites for hydroxylation is 1. The number of aromatic nitrogens is 3. The van der Waals surface area contributed by atoms with Crippen LogP contribution in [0.3, 0.4) is 0 Å². The van der Waals surface area contributed by atoms with Gasteiger partial charge in [0.25, 0.3) is 0 Å². The molecule has 0 aliphatic rings. The summed E-state index contributed by atoms with van der Waals surface area (Å²) in [5.74, 6) is 0. The number of hydrogen-bond donors (Lipinski definition) is 1. The van der Waals surface area contributed by atoms with Crippen molar-refractivity contribution in [3.8, 4) is 0 Å². The summed E-state index contributed by atoms with van der Waals surface area (Å²) in [6, 6.07) is 0.167. The highest BCUT2D eigenvalue weighted by Crippen LogP contribution is 2.10. The monoisotopic (exact) mass is 184 g/mol. The van der Waals surface area contributed by atoms with E-state index in [4.69, 9.17) is 4.74 Å². The Morgan fingerprint density at radius 2 is 2.46 bits per heavy atom. The third-order valence-electron chi connectivity index (χ3n) is 1.99.